The lowest BCUT2D eigenvalue weighted by Crippen LogP contribution is -2.51. The zero-order valence-corrected chi connectivity index (χ0v) is 23.1. The Labute approximate surface area is 225 Å². The molecule has 2 aromatic rings. The number of nitrogens with one attached hydrogen (secondary N) is 1. The maximum Gasteiger partial charge on any atom is 0.249 e. The van der Waals surface area contributed by atoms with Crippen LogP contribution in [-0.4, -0.2) is 47.6 Å². The zero-order valence-electron chi connectivity index (χ0n) is 22.3. The zero-order chi connectivity index (χ0) is 26.8. The first kappa shape index (κ1) is 28.8. The van der Waals surface area contributed by atoms with Gasteiger partial charge in [-0.25, -0.2) is 0 Å². The number of nitrogens with two attached hydrogens (primary N) is 1. The maximum absolute atomic E-state index is 13.6. The number of thiophene rings is 1. The third kappa shape index (κ3) is 7.40. The third-order valence-corrected chi connectivity index (χ3v) is 7.80. The Morgan fingerprint density at radius 1 is 1.14 bits per heavy atom. The third-order valence-electron chi connectivity index (χ3n) is 7.07. The average Bonchev–Trinajstić information content (AvgIpc) is 3.40. The predicted molar refractivity (Wildman–Crippen MR) is 151 cm³/mol. The minimum atomic E-state index is -1.18. The highest BCUT2D eigenvalue weighted by Gasteiger charge is 2.48. The van der Waals surface area contributed by atoms with Gasteiger partial charge in [0.15, 0.2) is 0 Å². The summed E-state index contributed by atoms with van der Waals surface area (Å²) in [6.45, 7) is 8.25. The van der Waals surface area contributed by atoms with E-state index in [-0.39, 0.29) is 12.3 Å². The molecule has 1 aromatic carbocycles. The van der Waals surface area contributed by atoms with E-state index >= 15 is 0 Å². The number of hydrogen-bond acceptors (Lipinski definition) is 5. The SMILES string of the molecule is CCCN(CCC)C(=O)C1=CC(C)=CC(C(N)=O)([C@H](Cc2ccsc2)[C@@H](O)CNCc2ccccc2)C1. The monoisotopic (exact) mass is 523 g/mol. The molecule has 1 heterocycles. The molecule has 1 aromatic heterocycles. The van der Waals surface area contributed by atoms with Crippen molar-refractivity contribution in [3.8, 4) is 0 Å². The van der Waals surface area contributed by atoms with Crippen LogP contribution in [0, 0.1) is 11.3 Å². The highest BCUT2D eigenvalue weighted by molar-refractivity contribution is 7.07. The molecule has 3 atom stereocenters. The summed E-state index contributed by atoms with van der Waals surface area (Å²) in [6, 6.07) is 12.0. The van der Waals surface area contributed by atoms with Gasteiger partial charge in [-0.3, -0.25) is 9.59 Å². The predicted octanol–water partition coefficient (Wildman–Crippen LogP) is 4.45. The van der Waals surface area contributed by atoms with Crippen molar-refractivity contribution in [1.29, 1.82) is 0 Å². The van der Waals surface area contributed by atoms with Gasteiger partial charge < -0.3 is 21.1 Å². The molecular formula is C30H41N3O3S. The lowest BCUT2D eigenvalue weighted by Gasteiger charge is -2.42. The number of primary amides is 1. The maximum atomic E-state index is 13.6. The number of carbonyl (C=O) groups is 2. The molecule has 1 aliphatic carbocycles. The quantitative estimate of drug-likeness (QED) is 0.341. The second-order valence-electron chi connectivity index (χ2n) is 10.1. The van der Waals surface area contributed by atoms with Crippen molar-refractivity contribution in [2.75, 3.05) is 19.6 Å². The standard InChI is InChI=1S/C30H41N3O3S/c1-4-12-33(13-5-2)28(35)25-15-22(3)17-30(18-25,29(31)36)26(16-24-11-14-37-21-24)27(34)20-32-19-23-9-7-6-8-10-23/h6-11,14-15,17,21,26-27,32,34H,4-5,12-13,16,18-20H2,1-3H3,(H2,31,36)/t26-,27+,30?/m1/s1. The van der Waals surface area contributed by atoms with E-state index in [4.69, 9.17) is 5.73 Å². The summed E-state index contributed by atoms with van der Waals surface area (Å²) in [4.78, 5) is 28.7. The Balaban J connectivity index is 1.91. The first-order chi connectivity index (χ1) is 17.8. The highest BCUT2D eigenvalue weighted by atomic mass is 32.1. The molecule has 4 N–H and O–H groups in total. The summed E-state index contributed by atoms with van der Waals surface area (Å²) in [7, 11) is 0. The Bertz CT molecular complexity index is 1070. The average molecular weight is 524 g/mol. The van der Waals surface area contributed by atoms with Gasteiger partial charge in [-0.2, -0.15) is 11.3 Å². The molecule has 0 saturated heterocycles. The van der Waals surface area contributed by atoms with Crippen LogP contribution < -0.4 is 11.1 Å². The van der Waals surface area contributed by atoms with Crippen LogP contribution in [0.15, 0.2) is 70.5 Å². The van der Waals surface area contributed by atoms with E-state index in [0.29, 0.717) is 38.2 Å². The van der Waals surface area contributed by atoms with E-state index in [1.807, 2.05) is 71.1 Å². The number of carbonyl (C=O) groups excluding carboxylic acids is 2. The van der Waals surface area contributed by atoms with Crippen molar-refractivity contribution in [3.63, 3.8) is 0 Å². The van der Waals surface area contributed by atoms with Crippen molar-refractivity contribution >= 4 is 23.2 Å². The number of nitrogens with zero attached hydrogens (tertiary/aromatic N) is 1. The molecule has 3 rings (SSSR count). The number of amides is 2. The van der Waals surface area contributed by atoms with E-state index < -0.39 is 23.3 Å². The topological polar surface area (TPSA) is 95.7 Å². The lowest BCUT2D eigenvalue weighted by molar-refractivity contribution is -0.132. The van der Waals surface area contributed by atoms with Gasteiger partial charge in [-0.05, 0) is 60.6 Å². The van der Waals surface area contributed by atoms with Crippen LogP contribution in [0.5, 0.6) is 0 Å². The molecule has 0 bridgehead atoms. The van der Waals surface area contributed by atoms with Gasteiger partial charge >= 0.3 is 0 Å². The van der Waals surface area contributed by atoms with E-state index in [1.165, 1.54) is 0 Å². The molecule has 0 fully saturated rings. The van der Waals surface area contributed by atoms with Gasteiger partial charge in [0.05, 0.1) is 11.5 Å². The van der Waals surface area contributed by atoms with E-state index in [9.17, 15) is 14.7 Å². The molecule has 0 spiro atoms. The number of aliphatic hydroxyl groups is 1. The molecule has 0 radical (unpaired) electrons. The van der Waals surface area contributed by atoms with Crippen LogP contribution in [-0.2, 0) is 22.6 Å². The summed E-state index contributed by atoms with van der Waals surface area (Å²) in [5.74, 6) is -1.06. The smallest absolute Gasteiger partial charge is 0.249 e. The summed E-state index contributed by atoms with van der Waals surface area (Å²) in [6.07, 6.45) is 5.31. The normalized spacial score (nSPS) is 19.0. The van der Waals surface area contributed by atoms with Gasteiger partial charge in [0.2, 0.25) is 11.8 Å². The van der Waals surface area contributed by atoms with Crippen molar-refractivity contribution in [2.24, 2.45) is 17.1 Å². The number of rotatable bonds is 14. The van der Waals surface area contributed by atoms with Crippen molar-refractivity contribution < 1.29 is 14.7 Å². The molecule has 0 saturated carbocycles. The number of benzene rings is 1. The van der Waals surface area contributed by atoms with Crippen LogP contribution in [0.1, 0.15) is 51.2 Å². The largest absolute Gasteiger partial charge is 0.391 e. The van der Waals surface area contributed by atoms with Crippen molar-refractivity contribution in [2.45, 2.75) is 59.1 Å². The Morgan fingerprint density at radius 2 is 1.84 bits per heavy atom. The summed E-state index contributed by atoms with van der Waals surface area (Å²) >= 11 is 1.58. The van der Waals surface area contributed by atoms with Crippen molar-refractivity contribution in [3.05, 3.63) is 81.6 Å². The molecular weight excluding hydrogens is 482 g/mol. The van der Waals surface area contributed by atoms with Gasteiger partial charge in [-0.1, -0.05) is 61.9 Å². The Hall–Kier alpha value is -2.74. The van der Waals surface area contributed by atoms with Gasteiger partial charge in [0, 0.05) is 37.7 Å². The second kappa shape index (κ2) is 13.7. The molecule has 0 aliphatic heterocycles. The van der Waals surface area contributed by atoms with Gasteiger partial charge in [-0.15, -0.1) is 0 Å². The first-order valence-corrected chi connectivity index (χ1v) is 14.2. The molecule has 2 amide bonds. The van der Waals surface area contributed by atoms with Gasteiger partial charge in [0.1, 0.15) is 0 Å². The second-order valence-corrected chi connectivity index (χ2v) is 10.8. The fraction of sp³-hybridized carbons (Fsp3) is 0.467. The first-order valence-electron chi connectivity index (χ1n) is 13.2. The molecule has 200 valence electrons. The highest BCUT2D eigenvalue weighted by Crippen LogP contribution is 2.44. The molecule has 1 unspecified atom stereocenters. The summed E-state index contributed by atoms with van der Waals surface area (Å²) in [5, 5.41) is 18.9. The minimum Gasteiger partial charge on any atom is -0.391 e. The summed E-state index contributed by atoms with van der Waals surface area (Å²) in [5.41, 5.74) is 8.53. The Kier molecular flexibility index (Phi) is 10.7. The van der Waals surface area contributed by atoms with Crippen LogP contribution >= 0.6 is 11.3 Å². The molecule has 6 nitrogen and oxygen atoms in total. The van der Waals surface area contributed by atoms with Crippen LogP contribution in [0.3, 0.4) is 0 Å². The molecule has 1 aliphatic rings. The summed E-state index contributed by atoms with van der Waals surface area (Å²) < 4.78 is 0. The Morgan fingerprint density at radius 3 is 2.43 bits per heavy atom. The van der Waals surface area contributed by atoms with Crippen LogP contribution in [0.4, 0.5) is 0 Å². The number of aliphatic hydroxyl groups excluding tert-OH is 1. The van der Waals surface area contributed by atoms with Crippen LogP contribution in [0.25, 0.3) is 0 Å². The van der Waals surface area contributed by atoms with Gasteiger partial charge in [0.25, 0.3) is 0 Å². The molecule has 7 heteroatoms. The lowest BCUT2D eigenvalue weighted by atomic mass is 9.63. The number of hydrogen-bond donors (Lipinski definition) is 3. The van der Waals surface area contributed by atoms with Crippen LogP contribution in [0.2, 0.25) is 0 Å². The number of allylic oxidation sites excluding steroid dienone is 2. The fourth-order valence-corrected chi connectivity index (χ4v) is 6.02. The van der Waals surface area contributed by atoms with Crippen molar-refractivity contribution in [1.82, 2.24) is 10.2 Å². The van der Waals surface area contributed by atoms with E-state index in [0.717, 1.165) is 29.5 Å². The molecule has 37 heavy (non-hydrogen) atoms. The van der Waals surface area contributed by atoms with E-state index in [1.54, 1.807) is 11.3 Å². The minimum absolute atomic E-state index is 0.0484. The van der Waals surface area contributed by atoms with E-state index in [2.05, 4.69) is 19.2 Å². The fourth-order valence-electron chi connectivity index (χ4n) is 5.34.